The van der Waals surface area contributed by atoms with Gasteiger partial charge in [-0.3, -0.25) is 4.79 Å². The van der Waals surface area contributed by atoms with Crippen LogP contribution in [0, 0.1) is 12.8 Å². The predicted molar refractivity (Wildman–Crippen MR) is 117 cm³/mol. The van der Waals surface area contributed by atoms with Crippen molar-refractivity contribution in [3.8, 4) is 17.3 Å². The second kappa shape index (κ2) is 8.55. The highest BCUT2D eigenvalue weighted by Crippen LogP contribution is 2.42. The van der Waals surface area contributed by atoms with Gasteiger partial charge in [0.2, 0.25) is 5.91 Å². The average Bonchev–Trinajstić information content (AvgIpc) is 3.08. The number of rotatable bonds is 6. The number of aryl methyl sites for hydroxylation is 1. The number of hydrogen-bond acceptors (Lipinski definition) is 6. The molecule has 162 valence electrons. The monoisotopic (exact) mass is 441 g/mol. The van der Waals surface area contributed by atoms with Crippen molar-refractivity contribution in [2.75, 3.05) is 19.0 Å². The molecule has 0 spiro atoms. The number of ether oxygens (including phenoxy) is 2. The second-order valence-corrected chi connectivity index (χ2v) is 8.28. The third kappa shape index (κ3) is 4.20. The Balaban J connectivity index is 1.75. The Labute approximate surface area is 185 Å². The maximum absolute atomic E-state index is 12.6. The molecule has 1 aromatic carbocycles. The first kappa shape index (κ1) is 21.1. The number of anilines is 1. The first-order chi connectivity index (χ1) is 14.9. The van der Waals surface area contributed by atoms with E-state index in [0.717, 1.165) is 16.8 Å². The molecule has 0 unspecified atom stereocenters. The summed E-state index contributed by atoms with van der Waals surface area (Å²) in [6.45, 7) is 6.70. The number of fused-ring (bicyclic) bond motifs is 1. The van der Waals surface area contributed by atoms with Gasteiger partial charge in [0, 0.05) is 17.9 Å². The van der Waals surface area contributed by atoms with Crippen LogP contribution in [0.3, 0.4) is 0 Å². The Kier molecular flexibility index (Phi) is 5.82. The van der Waals surface area contributed by atoms with E-state index >= 15 is 0 Å². The molecule has 0 fully saturated rings. The van der Waals surface area contributed by atoms with Gasteiger partial charge in [-0.25, -0.2) is 0 Å². The normalized spacial score (nSPS) is 15.5. The number of nitrogens with one attached hydrogen (secondary N) is 1. The SMILES string of the molecule is COc1cc([C@@H]2CC(=O)Nc3c2c(C)nn3-c2ccc(Cl)nn2)ccc1OCC(C)C. The van der Waals surface area contributed by atoms with E-state index in [0.29, 0.717) is 42.1 Å². The topological polar surface area (TPSA) is 91.2 Å². The third-order valence-corrected chi connectivity index (χ3v) is 5.30. The fraction of sp³-hybridized carbons (Fsp3) is 0.364. The molecule has 4 rings (SSSR count). The van der Waals surface area contributed by atoms with Crippen molar-refractivity contribution in [1.29, 1.82) is 0 Å². The third-order valence-electron chi connectivity index (χ3n) is 5.10. The van der Waals surface area contributed by atoms with Crippen molar-refractivity contribution in [3.05, 3.63) is 52.3 Å². The summed E-state index contributed by atoms with van der Waals surface area (Å²) in [4.78, 5) is 12.6. The lowest BCUT2D eigenvalue weighted by molar-refractivity contribution is -0.116. The van der Waals surface area contributed by atoms with E-state index < -0.39 is 0 Å². The van der Waals surface area contributed by atoms with E-state index in [-0.39, 0.29) is 17.0 Å². The number of carbonyl (C=O) groups is 1. The van der Waals surface area contributed by atoms with E-state index in [1.165, 1.54) is 0 Å². The molecule has 2 aromatic heterocycles. The zero-order valence-electron chi connectivity index (χ0n) is 17.8. The first-order valence-electron chi connectivity index (χ1n) is 10.1. The molecule has 1 atom stereocenters. The molecule has 1 amide bonds. The molecular weight excluding hydrogens is 418 g/mol. The lowest BCUT2D eigenvalue weighted by Gasteiger charge is -2.25. The summed E-state index contributed by atoms with van der Waals surface area (Å²) in [5, 5.41) is 15.8. The molecule has 0 saturated carbocycles. The number of nitrogens with zero attached hydrogens (tertiary/aromatic N) is 4. The molecule has 3 heterocycles. The van der Waals surface area contributed by atoms with Crippen LogP contribution >= 0.6 is 11.6 Å². The number of methoxy groups -OCH3 is 1. The molecule has 0 aliphatic carbocycles. The van der Waals surface area contributed by atoms with Crippen LogP contribution in [0.25, 0.3) is 5.82 Å². The lowest BCUT2D eigenvalue weighted by atomic mass is 9.85. The van der Waals surface area contributed by atoms with Gasteiger partial charge in [0.05, 0.1) is 19.4 Å². The van der Waals surface area contributed by atoms with Crippen molar-refractivity contribution in [3.63, 3.8) is 0 Å². The molecule has 0 radical (unpaired) electrons. The molecule has 0 saturated heterocycles. The summed E-state index contributed by atoms with van der Waals surface area (Å²) >= 11 is 5.86. The predicted octanol–water partition coefficient (Wildman–Crippen LogP) is 4.14. The van der Waals surface area contributed by atoms with Crippen LogP contribution in [0.5, 0.6) is 11.5 Å². The second-order valence-electron chi connectivity index (χ2n) is 7.89. The average molecular weight is 442 g/mol. The number of carbonyl (C=O) groups excluding carboxylic acids is 1. The van der Waals surface area contributed by atoms with Gasteiger partial charge in [0.25, 0.3) is 0 Å². The molecule has 1 N–H and O–H groups in total. The highest BCUT2D eigenvalue weighted by molar-refractivity contribution is 6.29. The van der Waals surface area contributed by atoms with Crippen LogP contribution in [0.15, 0.2) is 30.3 Å². The maximum Gasteiger partial charge on any atom is 0.226 e. The minimum Gasteiger partial charge on any atom is -0.493 e. The summed E-state index contributed by atoms with van der Waals surface area (Å²) in [5.74, 6) is 2.52. The van der Waals surface area contributed by atoms with E-state index in [2.05, 4.69) is 34.5 Å². The minimum atomic E-state index is -0.175. The van der Waals surface area contributed by atoms with Crippen LogP contribution in [-0.2, 0) is 4.79 Å². The van der Waals surface area contributed by atoms with Gasteiger partial charge in [0.1, 0.15) is 5.82 Å². The maximum atomic E-state index is 12.6. The standard InChI is InChI=1S/C22H24ClN5O3/c1-12(2)11-31-16-6-5-14(9-17(16)30-4)15-10-20(29)24-22-21(15)13(3)27-28(22)19-8-7-18(23)25-26-19/h5-9,12,15H,10-11H2,1-4H3,(H,24,29)/t15-/m0/s1. The molecule has 0 bridgehead atoms. The van der Waals surface area contributed by atoms with Gasteiger partial charge in [-0.05, 0) is 42.7 Å². The van der Waals surface area contributed by atoms with Gasteiger partial charge in [-0.2, -0.15) is 9.78 Å². The molecule has 9 heteroatoms. The van der Waals surface area contributed by atoms with Crippen LogP contribution < -0.4 is 14.8 Å². The molecule has 31 heavy (non-hydrogen) atoms. The molecular formula is C22H24ClN5O3. The van der Waals surface area contributed by atoms with Crippen molar-refractivity contribution in [2.24, 2.45) is 5.92 Å². The van der Waals surface area contributed by atoms with Crippen LogP contribution in [0.4, 0.5) is 5.82 Å². The summed E-state index contributed by atoms with van der Waals surface area (Å²) in [6, 6.07) is 9.15. The molecule has 1 aliphatic rings. The number of hydrogen-bond donors (Lipinski definition) is 1. The lowest BCUT2D eigenvalue weighted by Crippen LogP contribution is -2.25. The van der Waals surface area contributed by atoms with Crippen molar-refractivity contribution in [2.45, 2.75) is 33.1 Å². The number of amides is 1. The highest BCUT2D eigenvalue weighted by atomic mass is 35.5. The summed E-state index contributed by atoms with van der Waals surface area (Å²) in [6.07, 6.45) is 0.307. The Hall–Kier alpha value is -3.13. The fourth-order valence-corrected chi connectivity index (χ4v) is 3.80. The van der Waals surface area contributed by atoms with E-state index in [4.69, 9.17) is 21.1 Å². The van der Waals surface area contributed by atoms with Crippen LogP contribution in [0.2, 0.25) is 5.15 Å². The van der Waals surface area contributed by atoms with Crippen LogP contribution in [-0.4, -0.2) is 39.6 Å². The van der Waals surface area contributed by atoms with Gasteiger partial charge in [-0.1, -0.05) is 31.5 Å². The first-order valence-corrected chi connectivity index (χ1v) is 10.4. The Bertz CT molecular complexity index is 1110. The van der Waals surface area contributed by atoms with E-state index in [1.54, 1.807) is 23.9 Å². The zero-order chi connectivity index (χ0) is 22.1. The van der Waals surface area contributed by atoms with Gasteiger partial charge in [0.15, 0.2) is 22.5 Å². The Morgan fingerprint density at radius 2 is 2.03 bits per heavy atom. The van der Waals surface area contributed by atoms with Crippen molar-refractivity contribution in [1.82, 2.24) is 20.0 Å². The highest BCUT2D eigenvalue weighted by Gasteiger charge is 2.33. The smallest absolute Gasteiger partial charge is 0.226 e. The summed E-state index contributed by atoms with van der Waals surface area (Å²) in [5.41, 5.74) is 2.69. The van der Waals surface area contributed by atoms with E-state index in [1.807, 2.05) is 25.1 Å². The quantitative estimate of drug-likeness (QED) is 0.618. The Morgan fingerprint density at radius 3 is 2.71 bits per heavy atom. The molecule has 3 aromatic rings. The van der Waals surface area contributed by atoms with Gasteiger partial charge < -0.3 is 14.8 Å². The number of halogens is 1. The number of benzene rings is 1. The Morgan fingerprint density at radius 1 is 1.23 bits per heavy atom. The zero-order valence-corrected chi connectivity index (χ0v) is 18.6. The van der Waals surface area contributed by atoms with Crippen molar-refractivity contribution < 1.29 is 14.3 Å². The largest absolute Gasteiger partial charge is 0.493 e. The minimum absolute atomic E-state index is 0.0975. The molecule has 8 nitrogen and oxygen atoms in total. The van der Waals surface area contributed by atoms with Crippen LogP contribution in [0.1, 0.15) is 43.0 Å². The van der Waals surface area contributed by atoms with Crippen molar-refractivity contribution >= 4 is 23.3 Å². The summed E-state index contributed by atoms with van der Waals surface area (Å²) < 4.78 is 13.0. The van der Waals surface area contributed by atoms with Gasteiger partial charge >= 0.3 is 0 Å². The van der Waals surface area contributed by atoms with Gasteiger partial charge in [-0.15, -0.1) is 10.2 Å². The fourth-order valence-electron chi connectivity index (χ4n) is 3.70. The molecule has 1 aliphatic heterocycles. The van der Waals surface area contributed by atoms with E-state index in [9.17, 15) is 4.79 Å². The number of aromatic nitrogens is 4. The summed E-state index contributed by atoms with van der Waals surface area (Å²) in [7, 11) is 1.61.